The van der Waals surface area contributed by atoms with Crippen LogP contribution in [-0.2, 0) is 0 Å². The molecule has 0 aromatic rings. The first-order valence-electron chi connectivity index (χ1n) is 2.32. The van der Waals surface area contributed by atoms with Crippen LogP contribution in [0.15, 0.2) is 23.8 Å². The predicted octanol–water partition coefficient (Wildman–Crippen LogP) is 2.92. The second kappa shape index (κ2) is 5.20. The van der Waals surface area contributed by atoms with Crippen molar-refractivity contribution in [2.24, 2.45) is 0 Å². The van der Waals surface area contributed by atoms with Gasteiger partial charge in [0.2, 0.25) is 0 Å². The van der Waals surface area contributed by atoms with Crippen LogP contribution in [-0.4, -0.2) is 5.88 Å². The third kappa shape index (κ3) is 4.23. The lowest BCUT2D eigenvalue weighted by atomic mass is 10.4. The van der Waals surface area contributed by atoms with Gasteiger partial charge in [-0.25, -0.2) is 0 Å². The lowest BCUT2D eigenvalue weighted by Crippen LogP contribution is -1.69. The Balaban J connectivity index is 3.40. The quantitative estimate of drug-likeness (QED) is 0.429. The molecule has 0 spiro atoms. The molecule has 2 heteroatoms. The number of rotatable bonds is 3. The number of hydrogen-bond acceptors (Lipinski definition) is 0. The van der Waals surface area contributed by atoms with E-state index in [9.17, 15) is 0 Å². The van der Waals surface area contributed by atoms with Crippen molar-refractivity contribution in [1.82, 2.24) is 0 Å². The third-order valence-corrected chi connectivity index (χ3v) is 1.35. The third-order valence-electron chi connectivity index (χ3n) is 0.634. The second-order valence-electron chi connectivity index (χ2n) is 1.31. The zero-order valence-corrected chi connectivity index (χ0v) is 6.04. The summed E-state index contributed by atoms with van der Waals surface area (Å²) in [4.78, 5) is 0. The summed E-state index contributed by atoms with van der Waals surface area (Å²) in [5.41, 5.74) is 0. The molecule has 0 heterocycles. The molecule has 0 amide bonds. The smallest absolute Gasteiger partial charge is 0.0578 e. The van der Waals surface area contributed by atoms with Crippen LogP contribution in [0, 0.1) is 0 Å². The molecule has 0 rings (SSSR count). The van der Waals surface area contributed by atoms with Gasteiger partial charge in [-0.2, -0.15) is 0 Å². The van der Waals surface area contributed by atoms with Gasteiger partial charge in [-0.15, -0.1) is 18.2 Å². The predicted molar refractivity (Wildman–Crippen MR) is 39.5 cm³/mol. The summed E-state index contributed by atoms with van der Waals surface area (Å²) in [6, 6.07) is 0. The minimum absolute atomic E-state index is 0.398. The summed E-state index contributed by atoms with van der Waals surface area (Å²) in [7, 11) is 0. The highest BCUT2D eigenvalue weighted by Gasteiger charge is 1.82. The normalized spacial score (nSPS) is 11.5. The Kier molecular flexibility index (Phi) is 5.24. The van der Waals surface area contributed by atoms with Crippen LogP contribution in [0.5, 0.6) is 0 Å². The standard InChI is InChI=1S/C6H8Cl2/c1-2-3-4-6(8)5-7/h2,4H,1,3,5H2. The van der Waals surface area contributed by atoms with Crippen LogP contribution in [0.1, 0.15) is 6.42 Å². The van der Waals surface area contributed by atoms with Crippen LogP contribution in [0.3, 0.4) is 0 Å². The molecule has 0 saturated carbocycles. The first-order valence-corrected chi connectivity index (χ1v) is 3.24. The van der Waals surface area contributed by atoms with E-state index in [2.05, 4.69) is 6.58 Å². The molecule has 0 radical (unpaired) electrons. The molecule has 0 aromatic carbocycles. The Morgan fingerprint density at radius 1 is 1.62 bits per heavy atom. The van der Waals surface area contributed by atoms with Crippen molar-refractivity contribution >= 4 is 23.2 Å². The Morgan fingerprint density at radius 3 is 2.62 bits per heavy atom. The molecular weight excluding hydrogens is 143 g/mol. The molecule has 0 atom stereocenters. The van der Waals surface area contributed by atoms with Gasteiger partial charge in [0.05, 0.1) is 5.88 Å². The Hall–Kier alpha value is 0.0600. The lowest BCUT2D eigenvalue weighted by Gasteiger charge is -1.84. The van der Waals surface area contributed by atoms with Crippen molar-refractivity contribution in [3.63, 3.8) is 0 Å². The van der Waals surface area contributed by atoms with E-state index in [-0.39, 0.29) is 0 Å². The second-order valence-corrected chi connectivity index (χ2v) is 2.06. The molecule has 0 saturated heterocycles. The number of halogens is 2. The molecule has 0 unspecified atom stereocenters. The molecule has 0 N–H and O–H groups in total. The van der Waals surface area contributed by atoms with Gasteiger partial charge in [0.1, 0.15) is 0 Å². The van der Waals surface area contributed by atoms with Crippen molar-refractivity contribution in [1.29, 1.82) is 0 Å². The highest BCUT2D eigenvalue weighted by Crippen LogP contribution is 2.04. The Labute approximate surface area is 59.8 Å². The maximum absolute atomic E-state index is 5.53. The van der Waals surface area contributed by atoms with Crippen molar-refractivity contribution in [2.75, 3.05) is 5.88 Å². The fourth-order valence-electron chi connectivity index (χ4n) is 0.266. The molecule has 8 heavy (non-hydrogen) atoms. The SMILES string of the molecule is C=CCC=C(Cl)CCl. The van der Waals surface area contributed by atoms with E-state index in [1.54, 1.807) is 6.08 Å². The topological polar surface area (TPSA) is 0 Å². The van der Waals surface area contributed by atoms with Crippen LogP contribution in [0.4, 0.5) is 0 Å². The zero-order chi connectivity index (χ0) is 6.41. The maximum atomic E-state index is 5.53. The van der Waals surface area contributed by atoms with E-state index in [1.165, 1.54) is 0 Å². The van der Waals surface area contributed by atoms with Crippen LogP contribution in [0.2, 0.25) is 0 Å². The van der Waals surface area contributed by atoms with Crippen molar-refractivity contribution in [3.05, 3.63) is 23.8 Å². The average Bonchev–Trinajstić information content (AvgIpc) is 1.83. The zero-order valence-electron chi connectivity index (χ0n) is 4.53. The Morgan fingerprint density at radius 2 is 2.25 bits per heavy atom. The molecule has 0 aromatic heterocycles. The molecule has 0 bridgehead atoms. The highest BCUT2D eigenvalue weighted by atomic mass is 35.5. The van der Waals surface area contributed by atoms with Gasteiger partial charge < -0.3 is 0 Å². The largest absolute Gasteiger partial charge is 0.121 e. The molecule has 0 aliphatic rings. The van der Waals surface area contributed by atoms with Gasteiger partial charge in [-0.1, -0.05) is 23.8 Å². The van der Waals surface area contributed by atoms with E-state index in [4.69, 9.17) is 23.2 Å². The summed E-state index contributed by atoms with van der Waals surface area (Å²) < 4.78 is 0. The van der Waals surface area contributed by atoms with Crippen molar-refractivity contribution < 1.29 is 0 Å². The van der Waals surface area contributed by atoms with Gasteiger partial charge in [-0.05, 0) is 6.42 Å². The van der Waals surface area contributed by atoms with Crippen molar-refractivity contribution in [3.8, 4) is 0 Å². The molecular formula is C6H8Cl2. The fraction of sp³-hybridized carbons (Fsp3) is 0.333. The lowest BCUT2D eigenvalue weighted by molar-refractivity contribution is 1.38. The van der Waals surface area contributed by atoms with Gasteiger partial charge in [0.15, 0.2) is 0 Å². The van der Waals surface area contributed by atoms with Gasteiger partial charge in [0.25, 0.3) is 0 Å². The summed E-state index contributed by atoms with van der Waals surface area (Å²) in [5, 5.41) is 0.687. The molecule has 0 fully saturated rings. The van der Waals surface area contributed by atoms with Crippen LogP contribution in [0.25, 0.3) is 0 Å². The van der Waals surface area contributed by atoms with E-state index in [1.807, 2.05) is 6.08 Å². The highest BCUT2D eigenvalue weighted by molar-refractivity contribution is 6.35. The maximum Gasteiger partial charge on any atom is 0.0578 e. The number of allylic oxidation sites excluding steroid dienone is 3. The van der Waals surface area contributed by atoms with E-state index in [0.717, 1.165) is 6.42 Å². The summed E-state index contributed by atoms with van der Waals surface area (Å²) in [5.74, 6) is 0.398. The number of hydrogen-bond donors (Lipinski definition) is 0. The minimum atomic E-state index is 0.398. The van der Waals surface area contributed by atoms with E-state index in [0.29, 0.717) is 10.9 Å². The van der Waals surface area contributed by atoms with Gasteiger partial charge >= 0.3 is 0 Å². The Bertz CT molecular complexity index is 94.7. The summed E-state index contributed by atoms with van der Waals surface area (Å²) in [6.07, 6.45) is 4.40. The molecule has 0 aliphatic carbocycles. The van der Waals surface area contributed by atoms with Gasteiger partial charge in [0, 0.05) is 5.03 Å². The first-order chi connectivity index (χ1) is 3.81. The van der Waals surface area contributed by atoms with Gasteiger partial charge in [-0.3, -0.25) is 0 Å². The average molecular weight is 151 g/mol. The minimum Gasteiger partial charge on any atom is -0.121 e. The van der Waals surface area contributed by atoms with Crippen molar-refractivity contribution in [2.45, 2.75) is 6.42 Å². The molecule has 0 nitrogen and oxygen atoms in total. The molecule has 46 valence electrons. The monoisotopic (exact) mass is 150 g/mol. The van der Waals surface area contributed by atoms with Crippen LogP contribution >= 0.6 is 23.2 Å². The van der Waals surface area contributed by atoms with E-state index >= 15 is 0 Å². The first kappa shape index (κ1) is 8.06. The fourth-order valence-corrected chi connectivity index (χ4v) is 0.464. The molecule has 0 aliphatic heterocycles. The summed E-state index contributed by atoms with van der Waals surface area (Å²) in [6.45, 7) is 3.52. The van der Waals surface area contributed by atoms with E-state index < -0.39 is 0 Å². The summed E-state index contributed by atoms with van der Waals surface area (Å²) >= 11 is 10.9. The van der Waals surface area contributed by atoms with Crippen LogP contribution < -0.4 is 0 Å². The number of alkyl halides is 1.